The van der Waals surface area contributed by atoms with Crippen LogP contribution in [0, 0.1) is 0 Å². The van der Waals surface area contributed by atoms with Gasteiger partial charge >= 0.3 is 0 Å². The molecule has 3 aromatic carbocycles. The van der Waals surface area contributed by atoms with E-state index in [1.165, 1.54) is 16.9 Å². The first kappa shape index (κ1) is 22.4. The number of amides is 1. The van der Waals surface area contributed by atoms with Gasteiger partial charge in [-0.3, -0.25) is 4.79 Å². The lowest BCUT2D eigenvalue weighted by Crippen LogP contribution is -2.19. The molecule has 4 aromatic rings. The predicted molar refractivity (Wildman–Crippen MR) is 132 cm³/mol. The van der Waals surface area contributed by atoms with Crippen molar-refractivity contribution in [3.05, 3.63) is 111 Å². The summed E-state index contributed by atoms with van der Waals surface area (Å²) in [7, 11) is 0. The van der Waals surface area contributed by atoms with Crippen molar-refractivity contribution in [2.45, 2.75) is 13.0 Å². The fourth-order valence-corrected chi connectivity index (χ4v) is 4.30. The molecule has 0 unspecified atom stereocenters. The van der Waals surface area contributed by atoms with E-state index >= 15 is 0 Å². The molecular formula is C24H20Br2N2OS. The van der Waals surface area contributed by atoms with Crippen LogP contribution < -0.4 is 4.80 Å². The van der Waals surface area contributed by atoms with Crippen LogP contribution in [-0.4, -0.2) is 10.5 Å². The third-order valence-corrected chi connectivity index (χ3v) is 6.01. The van der Waals surface area contributed by atoms with Crippen molar-refractivity contribution >= 4 is 50.2 Å². The van der Waals surface area contributed by atoms with Gasteiger partial charge < -0.3 is 4.57 Å². The summed E-state index contributed by atoms with van der Waals surface area (Å²) in [5.41, 5.74) is 4.03. The van der Waals surface area contributed by atoms with E-state index in [0.717, 1.165) is 28.7 Å². The Bertz CT molecular complexity index is 1170. The zero-order valence-electron chi connectivity index (χ0n) is 16.1. The number of aryl methyl sites for hydroxylation is 1. The van der Waals surface area contributed by atoms with E-state index in [-0.39, 0.29) is 22.9 Å². The van der Waals surface area contributed by atoms with Gasteiger partial charge in [0.2, 0.25) is 0 Å². The number of carbonyl (C=O) groups excluding carboxylic acids is 1. The van der Waals surface area contributed by atoms with Crippen molar-refractivity contribution in [3.8, 4) is 11.3 Å². The molecule has 0 saturated heterocycles. The van der Waals surface area contributed by atoms with E-state index in [1.807, 2.05) is 48.5 Å². The molecule has 0 saturated carbocycles. The van der Waals surface area contributed by atoms with Gasteiger partial charge in [-0.05, 0) is 41.8 Å². The second kappa shape index (κ2) is 10.7. The molecule has 0 spiro atoms. The fraction of sp³-hybridized carbons (Fsp3) is 0.0833. The van der Waals surface area contributed by atoms with Gasteiger partial charge in [-0.1, -0.05) is 76.6 Å². The van der Waals surface area contributed by atoms with Crippen LogP contribution in [0.3, 0.4) is 0 Å². The molecule has 0 aliphatic heterocycles. The Hall–Kier alpha value is -2.28. The minimum atomic E-state index is -0.219. The summed E-state index contributed by atoms with van der Waals surface area (Å²) in [4.78, 5) is 17.8. The van der Waals surface area contributed by atoms with Gasteiger partial charge in [0.25, 0.3) is 5.91 Å². The summed E-state index contributed by atoms with van der Waals surface area (Å²) < 4.78 is 3.18. The first-order valence-electron chi connectivity index (χ1n) is 9.33. The van der Waals surface area contributed by atoms with Gasteiger partial charge in [0, 0.05) is 22.0 Å². The highest BCUT2D eigenvalue weighted by Gasteiger charge is 2.11. The smallest absolute Gasteiger partial charge is 0.279 e. The van der Waals surface area contributed by atoms with E-state index in [1.54, 1.807) is 12.1 Å². The van der Waals surface area contributed by atoms with Crippen LogP contribution in [0.5, 0.6) is 0 Å². The molecular weight excluding hydrogens is 524 g/mol. The lowest BCUT2D eigenvalue weighted by Gasteiger charge is -2.10. The Labute approximate surface area is 198 Å². The maximum Gasteiger partial charge on any atom is 0.279 e. The summed E-state index contributed by atoms with van der Waals surface area (Å²) in [5.74, 6) is -0.219. The van der Waals surface area contributed by atoms with Gasteiger partial charge in [-0.25, -0.2) is 0 Å². The number of benzene rings is 3. The van der Waals surface area contributed by atoms with E-state index in [4.69, 9.17) is 0 Å². The number of carbonyl (C=O) groups is 1. The second-order valence-corrected chi connectivity index (χ2v) is 8.33. The third-order valence-electron chi connectivity index (χ3n) is 4.62. The fourth-order valence-electron chi connectivity index (χ4n) is 3.10. The van der Waals surface area contributed by atoms with E-state index in [0.29, 0.717) is 10.4 Å². The average Bonchev–Trinajstić information content (AvgIpc) is 3.16. The minimum Gasteiger partial charge on any atom is -0.316 e. The van der Waals surface area contributed by atoms with Crippen molar-refractivity contribution in [3.63, 3.8) is 0 Å². The largest absolute Gasteiger partial charge is 0.316 e. The Morgan fingerprint density at radius 1 is 0.900 bits per heavy atom. The van der Waals surface area contributed by atoms with Crippen LogP contribution >= 0.6 is 44.2 Å². The van der Waals surface area contributed by atoms with Crippen molar-refractivity contribution in [1.29, 1.82) is 0 Å². The average molecular weight is 544 g/mol. The number of hydrogen-bond acceptors (Lipinski definition) is 2. The highest BCUT2D eigenvalue weighted by Crippen LogP contribution is 2.23. The van der Waals surface area contributed by atoms with Gasteiger partial charge in [0.1, 0.15) is 0 Å². The summed E-state index contributed by atoms with van der Waals surface area (Å²) >= 11 is 4.99. The van der Waals surface area contributed by atoms with E-state index in [9.17, 15) is 4.79 Å². The van der Waals surface area contributed by atoms with Crippen LogP contribution in [-0.2, 0) is 13.0 Å². The number of nitrogens with zero attached hydrogens (tertiary/aromatic N) is 2. The van der Waals surface area contributed by atoms with Gasteiger partial charge in [0.05, 0.1) is 5.69 Å². The van der Waals surface area contributed by atoms with Crippen molar-refractivity contribution in [1.82, 2.24) is 4.57 Å². The topological polar surface area (TPSA) is 34.4 Å². The number of thiazole rings is 1. The van der Waals surface area contributed by atoms with Crippen molar-refractivity contribution in [2.24, 2.45) is 4.99 Å². The Morgan fingerprint density at radius 3 is 2.20 bits per heavy atom. The van der Waals surface area contributed by atoms with E-state index in [2.05, 4.69) is 55.1 Å². The molecule has 0 fully saturated rings. The zero-order valence-corrected chi connectivity index (χ0v) is 20.2. The molecule has 152 valence electrons. The van der Waals surface area contributed by atoms with Crippen molar-refractivity contribution in [2.75, 3.05) is 0 Å². The van der Waals surface area contributed by atoms with Gasteiger partial charge in [-0.15, -0.1) is 28.3 Å². The summed E-state index contributed by atoms with van der Waals surface area (Å²) in [6, 6.07) is 27.8. The standard InChI is InChI=1S/C24H19BrN2OS.BrH/c25-21-13-11-19(12-14-21)22-17-29-24(26-23(28)20-9-5-2-6-10-20)27(22)16-15-18-7-3-1-4-8-18;/h1-14,17H,15-16H2;1H. The normalized spacial score (nSPS) is 11.2. The number of aromatic nitrogens is 1. The molecule has 0 aliphatic rings. The molecule has 4 rings (SSSR count). The van der Waals surface area contributed by atoms with Gasteiger partial charge in [-0.2, -0.15) is 4.99 Å². The molecule has 1 heterocycles. The Balaban J connectivity index is 0.00000256. The number of halogens is 2. The molecule has 6 heteroatoms. The Morgan fingerprint density at radius 2 is 1.53 bits per heavy atom. The Kier molecular flexibility index (Phi) is 7.96. The molecule has 1 aromatic heterocycles. The van der Waals surface area contributed by atoms with Crippen LogP contribution in [0.25, 0.3) is 11.3 Å². The lowest BCUT2D eigenvalue weighted by atomic mass is 10.1. The summed E-state index contributed by atoms with van der Waals surface area (Å²) in [6.07, 6.45) is 0.869. The third kappa shape index (κ3) is 5.45. The first-order chi connectivity index (χ1) is 14.2. The molecule has 0 atom stereocenters. The number of rotatable bonds is 5. The molecule has 0 bridgehead atoms. The molecule has 0 radical (unpaired) electrons. The maximum absolute atomic E-state index is 12.7. The first-order valence-corrected chi connectivity index (χ1v) is 11.0. The molecule has 1 amide bonds. The van der Waals surface area contributed by atoms with Crippen LogP contribution in [0.4, 0.5) is 0 Å². The monoisotopic (exact) mass is 542 g/mol. The molecule has 3 nitrogen and oxygen atoms in total. The highest BCUT2D eigenvalue weighted by molar-refractivity contribution is 9.10. The van der Waals surface area contributed by atoms with Crippen LogP contribution in [0.15, 0.2) is 99.8 Å². The molecule has 0 aliphatic carbocycles. The molecule has 0 N–H and O–H groups in total. The lowest BCUT2D eigenvalue weighted by molar-refractivity contribution is 0.0998. The van der Waals surface area contributed by atoms with Gasteiger partial charge in [0.15, 0.2) is 4.80 Å². The SMILES string of the molecule is Br.O=C(N=c1scc(-c2ccc(Br)cc2)n1CCc1ccccc1)c1ccccc1. The second-order valence-electron chi connectivity index (χ2n) is 6.58. The van der Waals surface area contributed by atoms with Crippen LogP contribution in [0.1, 0.15) is 15.9 Å². The zero-order chi connectivity index (χ0) is 20.1. The number of hydrogen-bond donors (Lipinski definition) is 0. The predicted octanol–water partition coefficient (Wildman–Crippen LogP) is 6.54. The summed E-state index contributed by atoms with van der Waals surface area (Å²) in [6.45, 7) is 0.750. The maximum atomic E-state index is 12.7. The quantitative estimate of drug-likeness (QED) is 0.281. The van der Waals surface area contributed by atoms with Crippen LogP contribution in [0.2, 0.25) is 0 Å². The summed E-state index contributed by atoms with van der Waals surface area (Å²) in [5, 5.41) is 2.07. The highest BCUT2D eigenvalue weighted by atomic mass is 79.9. The van der Waals surface area contributed by atoms with E-state index < -0.39 is 0 Å². The molecule has 30 heavy (non-hydrogen) atoms. The minimum absolute atomic E-state index is 0. The van der Waals surface area contributed by atoms with Crippen molar-refractivity contribution < 1.29 is 4.79 Å².